The van der Waals surface area contributed by atoms with Crippen molar-refractivity contribution in [2.75, 3.05) is 0 Å². The second kappa shape index (κ2) is 10.6. The van der Waals surface area contributed by atoms with Crippen LogP contribution in [0.15, 0.2) is 66.2 Å². The first kappa shape index (κ1) is 26.1. The number of halogens is 2. The van der Waals surface area contributed by atoms with Gasteiger partial charge in [-0.2, -0.15) is 0 Å². The summed E-state index contributed by atoms with van der Waals surface area (Å²) < 4.78 is 0. The molecule has 0 N–H and O–H groups in total. The van der Waals surface area contributed by atoms with Crippen LogP contribution in [-0.2, 0) is 38.7 Å². The standard InChI is InChI=1S/C14H15.C14H11.2ClH.Hf/c1-9-6-13-7-11-4-3-5-12(11)8-14(13)10(9)2;1-10-11-6-2-4-8-13(11)14-9-5-3-7-12(10)14;;;/h6-8,10H,2-5H2,1H3;2-10H,1H2;2*1H;/p-2. The average molecular weight is 612 g/mol. The molecule has 0 aliphatic heterocycles. The summed E-state index contributed by atoms with van der Waals surface area (Å²) >= 11 is 0. The summed E-state index contributed by atoms with van der Waals surface area (Å²) in [6, 6.07) is 21.8. The molecule has 1 atom stereocenters. The SMILES string of the molecule is [CH2]C1C(C)=Cc2cc3c(cc21)CCC3.[CH2]C1c2ccccc2-c2ccccc21.[Cl-].[Cl-].[Hf]. The summed E-state index contributed by atoms with van der Waals surface area (Å²) in [5.41, 5.74) is 12.8. The quantitative estimate of drug-likeness (QED) is 0.335. The molecule has 0 amide bonds. The molecule has 1 unspecified atom stereocenters. The van der Waals surface area contributed by atoms with Crippen LogP contribution in [0, 0.1) is 13.8 Å². The summed E-state index contributed by atoms with van der Waals surface area (Å²) in [7, 11) is 0. The van der Waals surface area contributed by atoms with E-state index >= 15 is 0 Å². The van der Waals surface area contributed by atoms with Gasteiger partial charge in [-0.25, -0.2) is 0 Å². The van der Waals surface area contributed by atoms with Crippen LogP contribution in [-0.4, -0.2) is 0 Å². The number of allylic oxidation sites excluding steroid dienone is 1. The minimum Gasteiger partial charge on any atom is -1.00 e. The first-order valence-electron chi connectivity index (χ1n) is 10.3. The van der Waals surface area contributed by atoms with Gasteiger partial charge in [0, 0.05) is 37.7 Å². The molecule has 0 fully saturated rings. The number of benzene rings is 3. The Kier molecular flexibility index (Phi) is 8.96. The van der Waals surface area contributed by atoms with Crippen molar-refractivity contribution < 1.29 is 50.7 Å². The summed E-state index contributed by atoms with van der Waals surface area (Å²) in [5.74, 6) is 0.707. The van der Waals surface area contributed by atoms with Crippen LogP contribution in [0.1, 0.15) is 58.6 Å². The van der Waals surface area contributed by atoms with Crippen molar-refractivity contribution in [3.63, 3.8) is 0 Å². The van der Waals surface area contributed by atoms with Crippen LogP contribution in [0.5, 0.6) is 0 Å². The van der Waals surface area contributed by atoms with E-state index in [9.17, 15) is 0 Å². The molecule has 0 spiro atoms. The van der Waals surface area contributed by atoms with Crippen molar-refractivity contribution in [1.29, 1.82) is 0 Å². The van der Waals surface area contributed by atoms with Crippen LogP contribution in [0.3, 0.4) is 0 Å². The molecule has 6 rings (SSSR count). The molecule has 3 aliphatic rings. The van der Waals surface area contributed by atoms with E-state index in [2.05, 4.69) is 87.5 Å². The Morgan fingerprint density at radius 3 is 1.81 bits per heavy atom. The molecule has 3 aliphatic carbocycles. The Hall–Kier alpha value is -1.15. The van der Waals surface area contributed by atoms with E-state index in [1.165, 1.54) is 58.2 Å². The van der Waals surface area contributed by atoms with Gasteiger partial charge in [0.2, 0.25) is 0 Å². The van der Waals surface area contributed by atoms with Crippen molar-refractivity contribution in [3.8, 4) is 11.1 Å². The van der Waals surface area contributed by atoms with E-state index < -0.39 is 0 Å². The fourth-order valence-corrected chi connectivity index (χ4v) is 4.94. The van der Waals surface area contributed by atoms with Crippen LogP contribution in [0.25, 0.3) is 17.2 Å². The van der Waals surface area contributed by atoms with Crippen molar-refractivity contribution in [2.45, 2.75) is 38.0 Å². The monoisotopic (exact) mass is 612 g/mol. The Labute approximate surface area is 218 Å². The van der Waals surface area contributed by atoms with E-state index in [0.29, 0.717) is 11.8 Å². The summed E-state index contributed by atoms with van der Waals surface area (Å²) in [6.45, 7) is 10.6. The molecular weight excluding hydrogens is 586 g/mol. The molecule has 0 saturated carbocycles. The second-order valence-electron chi connectivity index (χ2n) is 8.27. The zero-order valence-corrected chi connectivity index (χ0v) is 22.9. The van der Waals surface area contributed by atoms with Crippen molar-refractivity contribution >= 4 is 6.08 Å². The molecule has 0 nitrogen and oxygen atoms in total. The Morgan fingerprint density at radius 2 is 1.23 bits per heavy atom. The van der Waals surface area contributed by atoms with Gasteiger partial charge in [0.25, 0.3) is 0 Å². The minimum atomic E-state index is 0. The van der Waals surface area contributed by atoms with Crippen molar-refractivity contribution in [3.05, 3.63) is 113 Å². The van der Waals surface area contributed by atoms with Gasteiger partial charge < -0.3 is 24.8 Å². The van der Waals surface area contributed by atoms with Gasteiger partial charge >= 0.3 is 0 Å². The fraction of sp³-hybridized carbons (Fsp3) is 0.214. The molecule has 0 heterocycles. The topological polar surface area (TPSA) is 0 Å². The van der Waals surface area contributed by atoms with Gasteiger partial charge in [-0.3, -0.25) is 0 Å². The molecule has 3 heteroatoms. The maximum absolute atomic E-state index is 4.22. The van der Waals surface area contributed by atoms with Gasteiger partial charge in [0.1, 0.15) is 0 Å². The number of rotatable bonds is 0. The van der Waals surface area contributed by atoms with Crippen LogP contribution in [0.4, 0.5) is 0 Å². The summed E-state index contributed by atoms with van der Waals surface area (Å²) in [4.78, 5) is 0. The van der Waals surface area contributed by atoms with Gasteiger partial charge in [0.15, 0.2) is 0 Å². The van der Waals surface area contributed by atoms with Crippen LogP contribution in [0.2, 0.25) is 0 Å². The van der Waals surface area contributed by atoms with E-state index in [1.54, 1.807) is 11.1 Å². The van der Waals surface area contributed by atoms with Crippen molar-refractivity contribution in [2.24, 2.45) is 0 Å². The maximum atomic E-state index is 4.22. The summed E-state index contributed by atoms with van der Waals surface area (Å²) in [6.07, 6.45) is 6.18. The molecule has 0 aromatic heterocycles. The van der Waals surface area contributed by atoms with E-state index in [1.807, 2.05) is 0 Å². The molecule has 31 heavy (non-hydrogen) atoms. The van der Waals surface area contributed by atoms with Gasteiger partial charge in [-0.1, -0.05) is 72.3 Å². The third-order valence-electron chi connectivity index (χ3n) is 6.57. The average Bonchev–Trinajstić information content (AvgIpc) is 3.38. The third kappa shape index (κ3) is 4.65. The molecule has 3 aromatic rings. The van der Waals surface area contributed by atoms with Crippen molar-refractivity contribution in [1.82, 2.24) is 0 Å². The molecule has 2 radical (unpaired) electrons. The first-order chi connectivity index (χ1) is 13.6. The molecule has 158 valence electrons. The number of hydrogen-bond donors (Lipinski definition) is 0. The second-order valence-corrected chi connectivity index (χ2v) is 8.27. The predicted molar refractivity (Wildman–Crippen MR) is 119 cm³/mol. The van der Waals surface area contributed by atoms with Crippen LogP contribution < -0.4 is 24.8 Å². The number of aryl methyl sites for hydroxylation is 2. The smallest absolute Gasteiger partial charge is 0.0102 e. The number of fused-ring (bicyclic) bond motifs is 5. The first-order valence-corrected chi connectivity index (χ1v) is 10.3. The van der Waals surface area contributed by atoms with Gasteiger partial charge in [-0.15, -0.1) is 0 Å². The molecule has 3 aromatic carbocycles. The van der Waals surface area contributed by atoms with E-state index in [4.69, 9.17) is 0 Å². The van der Waals surface area contributed by atoms with E-state index in [-0.39, 0.29) is 50.7 Å². The van der Waals surface area contributed by atoms with Gasteiger partial charge in [-0.05, 0) is 84.5 Å². The zero-order valence-electron chi connectivity index (χ0n) is 17.8. The van der Waals surface area contributed by atoms with E-state index in [0.717, 1.165) is 0 Å². The van der Waals surface area contributed by atoms with Crippen LogP contribution >= 0.6 is 0 Å². The third-order valence-corrected chi connectivity index (χ3v) is 6.57. The minimum absolute atomic E-state index is 0. The predicted octanol–water partition coefficient (Wildman–Crippen LogP) is 1.15. The summed E-state index contributed by atoms with van der Waals surface area (Å²) in [5, 5.41) is 0. The molecule has 0 bridgehead atoms. The number of hydrogen-bond acceptors (Lipinski definition) is 0. The van der Waals surface area contributed by atoms with Gasteiger partial charge in [0.05, 0.1) is 0 Å². The normalized spacial score (nSPS) is 16.7. The zero-order chi connectivity index (χ0) is 19.3. The Balaban J connectivity index is 0.000000201. The maximum Gasteiger partial charge on any atom is 0.0102 e. The molecule has 0 saturated heterocycles. The largest absolute Gasteiger partial charge is 1.00 e. The molecular formula is C28H26Cl2Hf-2. The Morgan fingerprint density at radius 1 is 0.710 bits per heavy atom. The Bertz CT molecular complexity index is 1050. The fourth-order valence-electron chi connectivity index (χ4n) is 4.94.